The molecule has 2 spiro atoms. The number of para-hydroxylation sites is 4. The van der Waals surface area contributed by atoms with Crippen molar-refractivity contribution in [3.8, 4) is 147 Å². The number of hydrogen-bond acceptors (Lipinski definition) is 8. The molecule has 4 aliphatic rings. The highest BCUT2D eigenvalue weighted by Crippen LogP contribution is 2.64. The molecule has 6 heterocycles. The fraction of sp³-hybridized carbons (Fsp3) is 0.0190. The van der Waals surface area contributed by atoms with Crippen molar-refractivity contribution < 1.29 is 13.9 Å². The van der Waals surface area contributed by atoms with Gasteiger partial charge in [0.05, 0.1) is 39.3 Å². The van der Waals surface area contributed by atoms with E-state index in [2.05, 4.69) is 320 Å². The summed E-state index contributed by atoms with van der Waals surface area (Å²) in [6.45, 7) is 0. The van der Waals surface area contributed by atoms with Crippen molar-refractivity contribution in [2.24, 2.45) is 0 Å². The first-order valence-electron chi connectivity index (χ1n) is 38.2. The number of furan rings is 1. The summed E-state index contributed by atoms with van der Waals surface area (Å²) in [6, 6.07) is 136. The van der Waals surface area contributed by atoms with Crippen molar-refractivity contribution >= 4 is 21.9 Å². The molecule has 0 radical (unpaired) electrons. The van der Waals surface area contributed by atoms with Crippen molar-refractivity contribution in [2.75, 3.05) is 0 Å². The topological polar surface area (TPSA) is 96.1 Å². The average Bonchev–Trinajstić information content (AvgIpc) is 1.56. The maximum Gasteiger partial charge on any atom is 0.160 e. The van der Waals surface area contributed by atoms with Gasteiger partial charge < -0.3 is 13.9 Å². The van der Waals surface area contributed by atoms with Crippen LogP contribution in [0.5, 0.6) is 23.0 Å². The van der Waals surface area contributed by atoms with E-state index in [9.17, 15) is 0 Å². The van der Waals surface area contributed by atoms with Crippen molar-refractivity contribution in [3.05, 3.63) is 439 Å². The lowest BCUT2D eigenvalue weighted by Crippen LogP contribution is -2.32. The highest BCUT2D eigenvalue weighted by Gasteiger charge is 2.52. The Morgan fingerprint density at radius 3 is 1.04 bits per heavy atom. The SMILES string of the molecule is c1ccc(-c2cc(-c3ccc(-c4cccc5c4oc4ccccc45)cc3)nc(-c3ccc(-c4ccc5c(c4)Oc4ccccc4C54c5ccccc5-c5ccccc54)cc3)n2)cc1.c1ccc(-c2cc(-c3ccccn3)nc(-c3ccc(-c4ccc5c(c4)Oc4ccccc4C54c5ccccc5-c5ccccc54)cc3)n2)cc1. The van der Waals surface area contributed by atoms with E-state index in [1.165, 1.54) is 55.6 Å². The summed E-state index contributed by atoms with van der Waals surface area (Å²) >= 11 is 0. The standard InChI is InChI=1S/C59H36N2O2.C46H29N3O/c1-2-13-39(14-3-1)52-36-53(40-29-27-38(28-30-40)43-18-12-19-47-46-17-6-10-23-54(46)63-57(43)47)61-58(60-52)41-31-25-37(26-32-41)42-33-34-51-56(35-42)62-55-24-11-9-22-50(55)59(51)48-20-7-4-15-44(48)45-16-5-8-21-49(45)59;1-2-12-31(13-3-1)41-29-42(40-19-10-11-27-47-40)49-45(48-41)32-23-21-30(22-24-32)33-25-26-39-44(28-33)50-43-20-9-8-18-38(43)46(39)36-16-6-4-14-34(36)35-15-5-7-17-37(35)46/h1-36H;1-29H. The van der Waals surface area contributed by atoms with Gasteiger partial charge in [-0.25, -0.2) is 19.9 Å². The maximum absolute atomic E-state index is 6.80. The second kappa shape index (κ2) is 26.4. The van der Waals surface area contributed by atoms with Crippen LogP contribution in [0.15, 0.2) is 399 Å². The summed E-state index contributed by atoms with van der Waals surface area (Å²) in [6.07, 6.45) is 1.79. The number of ether oxygens (including phenoxy) is 2. The number of rotatable bonds is 9. The average molecular weight is 1440 g/mol. The zero-order chi connectivity index (χ0) is 74.6. The maximum atomic E-state index is 6.80. The Hall–Kier alpha value is -15.0. The Kier molecular flexibility index (Phi) is 15.2. The lowest BCUT2D eigenvalue weighted by molar-refractivity contribution is 0.436. The molecule has 15 aromatic carbocycles. The highest BCUT2D eigenvalue weighted by molar-refractivity contribution is 6.09. The molecule has 0 saturated heterocycles. The Morgan fingerprint density at radius 1 is 0.204 bits per heavy atom. The van der Waals surface area contributed by atoms with E-state index in [-0.39, 0.29) is 0 Å². The highest BCUT2D eigenvalue weighted by atomic mass is 16.5. The first-order chi connectivity index (χ1) is 56.0. The number of fused-ring (bicyclic) bond motifs is 21. The van der Waals surface area contributed by atoms with Gasteiger partial charge in [-0.05, 0) is 127 Å². The normalized spacial score (nSPS) is 13.1. The van der Waals surface area contributed by atoms with Crippen LogP contribution in [0, 0.1) is 0 Å². The molecular formula is C105H65N5O3. The molecule has 0 N–H and O–H groups in total. The third-order valence-corrected chi connectivity index (χ3v) is 23.1. The third kappa shape index (κ3) is 10.6. The molecule has 19 aromatic rings. The van der Waals surface area contributed by atoms with Crippen LogP contribution < -0.4 is 9.47 Å². The van der Waals surface area contributed by atoms with Gasteiger partial charge in [0.1, 0.15) is 34.2 Å². The largest absolute Gasteiger partial charge is 0.457 e. The first-order valence-corrected chi connectivity index (χ1v) is 38.2. The summed E-state index contributed by atoms with van der Waals surface area (Å²) in [5, 5.41) is 2.24. The summed E-state index contributed by atoms with van der Waals surface area (Å²) in [5.74, 6) is 4.83. The van der Waals surface area contributed by atoms with E-state index in [1.807, 2.05) is 72.8 Å². The van der Waals surface area contributed by atoms with Crippen LogP contribution in [0.2, 0.25) is 0 Å². The molecule has 113 heavy (non-hydrogen) atoms. The minimum absolute atomic E-state index is 0.466. The molecule has 23 rings (SSSR count). The van der Waals surface area contributed by atoms with E-state index in [4.69, 9.17) is 33.8 Å². The van der Waals surface area contributed by atoms with Crippen molar-refractivity contribution in [3.63, 3.8) is 0 Å². The zero-order valence-corrected chi connectivity index (χ0v) is 61.0. The Balaban J connectivity index is 0.000000142. The molecule has 0 saturated carbocycles. The fourth-order valence-electron chi connectivity index (χ4n) is 18.0. The molecule has 2 aliphatic carbocycles. The zero-order valence-electron chi connectivity index (χ0n) is 61.0. The number of nitrogens with zero attached hydrogens (tertiary/aromatic N) is 5. The van der Waals surface area contributed by atoms with Crippen LogP contribution >= 0.6 is 0 Å². The number of hydrogen-bond donors (Lipinski definition) is 0. The summed E-state index contributed by atoms with van der Waals surface area (Å²) in [7, 11) is 0. The lowest BCUT2D eigenvalue weighted by Gasteiger charge is -2.39. The van der Waals surface area contributed by atoms with Crippen LogP contribution in [0.4, 0.5) is 0 Å². The number of aromatic nitrogens is 5. The summed E-state index contributed by atoms with van der Waals surface area (Å²) < 4.78 is 19.9. The number of benzene rings is 15. The second-order valence-electron chi connectivity index (χ2n) is 29.2. The van der Waals surface area contributed by atoms with Gasteiger partial charge in [0.15, 0.2) is 11.6 Å². The molecular weight excluding hydrogens is 1380 g/mol. The predicted molar refractivity (Wildman–Crippen MR) is 453 cm³/mol. The fourth-order valence-corrected chi connectivity index (χ4v) is 18.0. The second-order valence-corrected chi connectivity index (χ2v) is 29.2. The third-order valence-electron chi connectivity index (χ3n) is 23.1. The molecule has 528 valence electrons. The molecule has 2 aliphatic heterocycles. The molecule has 8 heteroatoms. The van der Waals surface area contributed by atoms with Crippen LogP contribution in [0.1, 0.15) is 44.5 Å². The van der Waals surface area contributed by atoms with Gasteiger partial charge in [0.25, 0.3) is 0 Å². The van der Waals surface area contributed by atoms with Crippen LogP contribution in [0.3, 0.4) is 0 Å². The molecule has 0 amide bonds. The summed E-state index contributed by atoms with van der Waals surface area (Å²) in [4.78, 5) is 24.9. The molecule has 0 bridgehead atoms. The van der Waals surface area contributed by atoms with Gasteiger partial charge in [-0.15, -0.1) is 0 Å². The van der Waals surface area contributed by atoms with Gasteiger partial charge in [-0.2, -0.15) is 0 Å². The quantitative estimate of drug-likeness (QED) is 0.141. The van der Waals surface area contributed by atoms with Crippen LogP contribution in [-0.2, 0) is 10.8 Å². The Morgan fingerprint density at radius 2 is 0.558 bits per heavy atom. The molecule has 0 atom stereocenters. The van der Waals surface area contributed by atoms with E-state index in [0.29, 0.717) is 11.6 Å². The van der Waals surface area contributed by atoms with Crippen LogP contribution in [-0.4, -0.2) is 24.9 Å². The summed E-state index contributed by atoms with van der Waals surface area (Å²) in [5.41, 5.74) is 31.3. The van der Waals surface area contributed by atoms with Gasteiger partial charge in [-0.1, -0.05) is 334 Å². The van der Waals surface area contributed by atoms with Crippen molar-refractivity contribution in [1.82, 2.24) is 24.9 Å². The van der Waals surface area contributed by atoms with Gasteiger partial charge in [0, 0.05) is 72.6 Å². The Labute approximate surface area is 653 Å². The van der Waals surface area contributed by atoms with Gasteiger partial charge in [0.2, 0.25) is 0 Å². The predicted octanol–water partition coefficient (Wildman–Crippen LogP) is 26.2. The first kappa shape index (κ1) is 65.1. The number of pyridine rings is 1. The Bertz CT molecular complexity index is 6830. The van der Waals surface area contributed by atoms with E-state index in [1.54, 1.807) is 6.20 Å². The monoisotopic (exact) mass is 1440 g/mol. The van der Waals surface area contributed by atoms with Gasteiger partial charge in [-0.3, -0.25) is 4.98 Å². The van der Waals surface area contributed by atoms with Crippen LogP contribution in [0.25, 0.3) is 146 Å². The van der Waals surface area contributed by atoms with E-state index < -0.39 is 10.8 Å². The minimum Gasteiger partial charge on any atom is -0.457 e. The smallest absolute Gasteiger partial charge is 0.160 e. The van der Waals surface area contributed by atoms with E-state index >= 15 is 0 Å². The van der Waals surface area contributed by atoms with Crippen molar-refractivity contribution in [2.45, 2.75) is 10.8 Å². The van der Waals surface area contributed by atoms with Gasteiger partial charge >= 0.3 is 0 Å². The lowest BCUT2D eigenvalue weighted by atomic mass is 9.66. The minimum atomic E-state index is -0.485. The van der Waals surface area contributed by atoms with E-state index in [0.717, 1.165) is 146 Å². The molecule has 0 unspecified atom stereocenters. The molecule has 8 nitrogen and oxygen atoms in total. The molecule has 4 aromatic heterocycles. The molecule has 0 fully saturated rings. The van der Waals surface area contributed by atoms with Crippen molar-refractivity contribution in [1.29, 1.82) is 0 Å².